The molecule has 0 radical (unpaired) electrons. The van der Waals surface area contributed by atoms with E-state index in [2.05, 4.69) is 6.58 Å². The van der Waals surface area contributed by atoms with Crippen molar-refractivity contribution in [2.45, 2.75) is 82.1 Å². The minimum Gasteiger partial charge on any atom is -0.486 e. The Hall–Kier alpha value is -2.27. The minimum atomic E-state index is -0.701. The van der Waals surface area contributed by atoms with Crippen molar-refractivity contribution >= 4 is 0 Å². The summed E-state index contributed by atoms with van der Waals surface area (Å²) in [7, 11) is 0. The number of ether oxygens (including phenoxy) is 1. The van der Waals surface area contributed by atoms with E-state index < -0.39 is 11.6 Å². The predicted molar refractivity (Wildman–Crippen MR) is 129 cm³/mol. The van der Waals surface area contributed by atoms with E-state index >= 15 is 8.78 Å². The van der Waals surface area contributed by atoms with Crippen molar-refractivity contribution in [2.24, 2.45) is 5.92 Å². The van der Waals surface area contributed by atoms with Gasteiger partial charge in [-0.2, -0.15) is 0 Å². The lowest BCUT2D eigenvalue weighted by Crippen LogP contribution is -2.23. The lowest BCUT2D eigenvalue weighted by atomic mass is 9.74. The Labute approximate surface area is 200 Å². The van der Waals surface area contributed by atoms with Crippen LogP contribution in [0.5, 0.6) is 5.75 Å². The molecule has 2 aromatic rings. The van der Waals surface area contributed by atoms with Crippen LogP contribution in [0.4, 0.5) is 13.2 Å². The number of halogens is 3. The monoisotopic (exact) mass is 472 g/mol. The standard InChI is InChI=1S/C29H35F3O2/c1-3-16-34-27-15-12-23(17-26(27)30)20-6-10-22(11-7-20)25-14-13-24(28(31)29(25)32)21-8-4-19(5-9-21)18(2)33/h3,12-15,17-22,33H,1,4-11,16H2,2H3. The van der Waals surface area contributed by atoms with E-state index in [1.54, 1.807) is 31.2 Å². The number of aliphatic hydroxyl groups excluding tert-OH is 1. The minimum absolute atomic E-state index is 0.0163. The summed E-state index contributed by atoms with van der Waals surface area (Å²) in [6, 6.07) is 8.65. The van der Waals surface area contributed by atoms with E-state index in [9.17, 15) is 9.50 Å². The smallest absolute Gasteiger partial charge is 0.165 e. The van der Waals surface area contributed by atoms with Gasteiger partial charge in [0.2, 0.25) is 0 Å². The fourth-order valence-electron chi connectivity index (χ4n) is 5.90. The molecular formula is C29H35F3O2. The van der Waals surface area contributed by atoms with E-state index in [4.69, 9.17) is 4.74 Å². The molecule has 0 saturated heterocycles. The van der Waals surface area contributed by atoms with Crippen molar-refractivity contribution in [3.8, 4) is 5.75 Å². The van der Waals surface area contributed by atoms with Gasteiger partial charge in [-0.05, 0) is 111 Å². The van der Waals surface area contributed by atoms with Crippen molar-refractivity contribution in [2.75, 3.05) is 6.61 Å². The number of hydrogen-bond acceptors (Lipinski definition) is 2. The number of hydrogen-bond donors (Lipinski definition) is 1. The Morgan fingerprint density at radius 1 is 0.882 bits per heavy atom. The molecule has 5 heteroatoms. The van der Waals surface area contributed by atoms with Crippen LogP contribution in [0.3, 0.4) is 0 Å². The van der Waals surface area contributed by atoms with Gasteiger partial charge in [0.1, 0.15) is 6.61 Å². The van der Waals surface area contributed by atoms with E-state index in [-0.39, 0.29) is 47.9 Å². The molecule has 2 nitrogen and oxygen atoms in total. The molecule has 2 saturated carbocycles. The molecular weight excluding hydrogens is 437 g/mol. The van der Waals surface area contributed by atoms with Gasteiger partial charge in [0.25, 0.3) is 0 Å². The topological polar surface area (TPSA) is 29.5 Å². The maximum atomic E-state index is 15.1. The average molecular weight is 473 g/mol. The number of rotatable bonds is 7. The van der Waals surface area contributed by atoms with E-state index in [0.717, 1.165) is 56.9 Å². The van der Waals surface area contributed by atoms with Crippen molar-refractivity contribution in [1.29, 1.82) is 0 Å². The summed E-state index contributed by atoms with van der Waals surface area (Å²) in [5, 5.41) is 9.80. The molecule has 0 aliphatic heterocycles. The molecule has 1 atom stereocenters. The number of benzene rings is 2. The van der Waals surface area contributed by atoms with Gasteiger partial charge in [-0.15, -0.1) is 0 Å². The molecule has 184 valence electrons. The van der Waals surface area contributed by atoms with Crippen molar-refractivity contribution in [1.82, 2.24) is 0 Å². The summed E-state index contributed by atoms with van der Waals surface area (Å²) in [5.41, 5.74) is 1.88. The second kappa shape index (κ2) is 11.0. The van der Waals surface area contributed by atoms with Crippen LogP contribution in [0.1, 0.15) is 92.7 Å². The van der Waals surface area contributed by atoms with Gasteiger partial charge in [-0.3, -0.25) is 0 Å². The predicted octanol–water partition coefficient (Wildman–Crippen LogP) is 7.76. The van der Waals surface area contributed by atoms with Crippen LogP contribution in [-0.2, 0) is 0 Å². The first-order valence-corrected chi connectivity index (χ1v) is 12.6. The summed E-state index contributed by atoms with van der Waals surface area (Å²) in [5.74, 6) is -1.11. The molecule has 4 rings (SSSR count). The van der Waals surface area contributed by atoms with Gasteiger partial charge in [0.15, 0.2) is 23.2 Å². The van der Waals surface area contributed by atoms with Crippen LogP contribution >= 0.6 is 0 Å². The molecule has 0 amide bonds. The van der Waals surface area contributed by atoms with Crippen LogP contribution < -0.4 is 4.74 Å². The molecule has 2 aromatic carbocycles. The lowest BCUT2D eigenvalue weighted by molar-refractivity contribution is 0.0963. The Bertz CT molecular complexity index is 987. The third-order valence-corrected chi connectivity index (χ3v) is 7.99. The summed E-state index contributed by atoms with van der Waals surface area (Å²) < 4.78 is 49.9. The fraction of sp³-hybridized carbons (Fsp3) is 0.517. The Balaban J connectivity index is 1.39. The highest BCUT2D eigenvalue weighted by atomic mass is 19.2. The quantitative estimate of drug-likeness (QED) is 0.417. The normalized spacial score (nSPS) is 26.1. The molecule has 2 aliphatic rings. The van der Waals surface area contributed by atoms with Gasteiger partial charge in [0.05, 0.1) is 6.10 Å². The lowest BCUT2D eigenvalue weighted by Gasteiger charge is -2.32. The highest BCUT2D eigenvalue weighted by molar-refractivity contribution is 5.34. The van der Waals surface area contributed by atoms with Gasteiger partial charge in [-0.25, -0.2) is 13.2 Å². The summed E-state index contributed by atoms with van der Waals surface area (Å²) >= 11 is 0. The van der Waals surface area contributed by atoms with Gasteiger partial charge in [-0.1, -0.05) is 30.9 Å². The molecule has 0 heterocycles. The molecule has 0 aromatic heterocycles. The SMILES string of the molecule is C=CCOc1ccc(C2CCC(c3ccc(C4CCC(C(C)O)CC4)c(F)c3F)CC2)cc1F. The van der Waals surface area contributed by atoms with E-state index in [1.165, 1.54) is 6.07 Å². The van der Waals surface area contributed by atoms with Crippen LogP contribution in [0.25, 0.3) is 0 Å². The average Bonchev–Trinajstić information content (AvgIpc) is 2.85. The van der Waals surface area contributed by atoms with Gasteiger partial charge >= 0.3 is 0 Å². The maximum Gasteiger partial charge on any atom is 0.165 e. The fourth-order valence-corrected chi connectivity index (χ4v) is 5.90. The molecule has 34 heavy (non-hydrogen) atoms. The zero-order chi connectivity index (χ0) is 24.2. The van der Waals surface area contributed by atoms with Crippen molar-refractivity contribution in [3.05, 3.63) is 77.1 Å². The van der Waals surface area contributed by atoms with Crippen LogP contribution in [0, 0.1) is 23.4 Å². The zero-order valence-corrected chi connectivity index (χ0v) is 19.9. The third-order valence-electron chi connectivity index (χ3n) is 7.99. The second-order valence-corrected chi connectivity index (χ2v) is 10.1. The van der Waals surface area contributed by atoms with Crippen molar-refractivity contribution < 1.29 is 23.0 Å². The Morgan fingerprint density at radius 2 is 1.41 bits per heavy atom. The Morgan fingerprint density at radius 3 is 1.91 bits per heavy atom. The van der Waals surface area contributed by atoms with Crippen molar-refractivity contribution in [3.63, 3.8) is 0 Å². The Kier molecular flexibility index (Phi) is 8.02. The summed E-state index contributed by atoms with van der Waals surface area (Å²) in [4.78, 5) is 0. The molecule has 1 unspecified atom stereocenters. The zero-order valence-electron chi connectivity index (χ0n) is 19.9. The van der Waals surface area contributed by atoms with Gasteiger partial charge in [0, 0.05) is 0 Å². The van der Waals surface area contributed by atoms with Crippen LogP contribution in [0.15, 0.2) is 43.0 Å². The molecule has 2 aliphatic carbocycles. The maximum absolute atomic E-state index is 15.1. The van der Waals surface area contributed by atoms with E-state index in [0.29, 0.717) is 11.1 Å². The molecule has 0 bridgehead atoms. The summed E-state index contributed by atoms with van der Waals surface area (Å²) in [6.07, 6.45) is 7.59. The molecule has 0 spiro atoms. The molecule has 1 N–H and O–H groups in total. The second-order valence-electron chi connectivity index (χ2n) is 10.1. The first-order chi connectivity index (χ1) is 16.4. The van der Waals surface area contributed by atoms with Crippen LogP contribution in [-0.4, -0.2) is 17.8 Å². The van der Waals surface area contributed by atoms with Gasteiger partial charge < -0.3 is 9.84 Å². The first-order valence-electron chi connectivity index (χ1n) is 12.6. The number of aliphatic hydroxyl groups is 1. The highest BCUT2D eigenvalue weighted by Gasteiger charge is 2.31. The first kappa shape index (κ1) is 24.8. The largest absolute Gasteiger partial charge is 0.486 e. The van der Waals surface area contributed by atoms with Crippen LogP contribution in [0.2, 0.25) is 0 Å². The van der Waals surface area contributed by atoms with E-state index in [1.807, 2.05) is 6.07 Å². The molecule has 2 fully saturated rings. The third kappa shape index (κ3) is 5.35. The highest BCUT2D eigenvalue weighted by Crippen LogP contribution is 2.44. The summed E-state index contributed by atoms with van der Waals surface area (Å²) in [6.45, 7) is 5.63.